The van der Waals surface area contributed by atoms with E-state index < -0.39 is 10.2 Å². The molecule has 2 N–H and O–H groups in total. The second kappa shape index (κ2) is 10.6. The van der Waals surface area contributed by atoms with Gasteiger partial charge in [0.15, 0.2) is 0 Å². The lowest BCUT2D eigenvalue weighted by Gasteiger charge is -2.17. The Morgan fingerprint density at radius 1 is 1.11 bits per heavy atom. The number of rotatable bonds is 12. The fourth-order valence-corrected chi connectivity index (χ4v) is 2.75. The zero-order valence-corrected chi connectivity index (χ0v) is 13.4. The van der Waals surface area contributed by atoms with Gasteiger partial charge in [-0.25, -0.2) is 4.72 Å². The molecule has 6 heteroatoms. The molecular weight excluding hydrogens is 264 g/mol. The van der Waals surface area contributed by atoms with Crippen LogP contribution in [0, 0.1) is 5.92 Å². The molecule has 0 atom stereocenters. The maximum Gasteiger partial charge on any atom is 0.279 e. The minimum Gasteiger partial charge on any atom is -0.396 e. The van der Waals surface area contributed by atoms with Gasteiger partial charge in [0.1, 0.15) is 0 Å². The largest absolute Gasteiger partial charge is 0.396 e. The Balaban J connectivity index is 3.64. The molecule has 0 aromatic rings. The van der Waals surface area contributed by atoms with Crippen molar-refractivity contribution in [2.45, 2.75) is 52.4 Å². The Morgan fingerprint density at radius 3 is 2.32 bits per heavy atom. The summed E-state index contributed by atoms with van der Waals surface area (Å²) < 4.78 is 27.3. The number of aliphatic hydroxyl groups excluding tert-OH is 1. The molecule has 0 heterocycles. The summed E-state index contributed by atoms with van der Waals surface area (Å²) in [4.78, 5) is 0. The van der Waals surface area contributed by atoms with E-state index in [1.807, 2.05) is 0 Å². The molecule has 19 heavy (non-hydrogen) atoms. The van der Waals surface area contributed by atoms with Crippen molar-refractivity contribution in [3.05, 3.63) is 0 Å². The van der Waals surface area contributed by atoms with Crippen LogP contribution < -0.4 is 4.72 Å². The van der Waals surface area contributed by atoms with Crippen molar-refractivity contribution in [2.24, 2.45) is 5.92 Å². The molecule has 0 aromatic heterocycles. The molecule has 5 nitrogen and oxygen atoms in total. The highest BCUT2D eigenvalue weighted by Gasteiger charge is 2.15. The van der Waals surface area contributed by atoms with Crippen LogP contribution >= 0.6 is 0 Å². The van der Waals surface area contributed by atoms with E-state index >= 15 is 0 Å². The first-order valence-electron chi connectivity index (χ1n) is 7.22. The predicted molar refractivity (Wildman–Crippen MR) is 79.2 cm³/mol. The highest BCUT2D eigenvalue weighted by atomic mass is 32.2. The van der Waals surface area contributed by atoms with Gasteiger partial charge in [-0.05, 0) is 18.8 Å². The second-order valence-corrected chi connectivity index (χ2v) is 7.26. The van der Waals surface area contributed by atoms with Gasteiger partial charge in [-0.1, -0.05) is 39.5 Å². The van der Waals surface area contributed by atoms with Crippen LogP contribution in [0.25, 0.3) is 0 Å². The molecule has 0 spiro atoms. The van der Waals surface area contributed by atoms with Crippen LogP contribution in [0.15, 0.2) is 0 Å². The number of aliphatic hydroxyl groups is 1. The minimum absolute atomic E-state index is 0.00963. The first-order valence-corrected chi connectivity index (χ1v) is 8.66. The summed E-state index contributed by atoms with van der Waals surface area (Å²) in [7, 11) is -1.84. The second-order valence-electron chi connectivity index (χ2n) is 5.39. The lowest BCUT2D eigenvalue weighted by molar-refractivity contribution is 0.275. The molecule has 0 bridgehead atoms. The van der Waals surface area contributed by atoms with E-state index in [9.17, 15) is 8.42 Å². The van der Waals surface area contributed by atoms with Crippen molar-refractivity contribution in [3.63, 3.8) is 0 Å². The van der Waals surface area contributed by atoms with Crippen LogP contribution in [-0.4, -0.2) is 44.6 Å². The van der Waals surface area contributed by atoms with Gasteiger partial charge in [-0.3, -0.25) is 0 Å². The molecule has 0 amide bonds. The monoisotopic (exact) mass is 294 g/mol. The number of unbranched alkanes of at least 4 members (excludes halogenated alkanes) is 3. The van der Waals surface area contributed by atoms with E-state index in [0.717, 1.165) is 18.8 Å². The lowest BCUT2D eigenvalue weighted by Crippen LogP contribution is -2.39. The predicted octanol–water partition coefficient (Wildman–Crippen LogP) is 1.74. The summed E-state index contributed by atoms with van der Waals surface area (Å²) in [5.74, 6) is 0.749. The third kappa shape index (κ3) is 10.3. The molecule has 0 aliphatic heterocycles. The highest BCUT2D eigenvalue weighted by molar-refractivity contribution is 7.87. The molecule has 116 valence electrons. The normalized spacial score (nSPS) is 12.5. The number of nitrogens with one attached hydrogen (secondary N) is 1. The van der Waals surface area contributed by atoms with Crippen LogP contribution in [0.5, 0.6) is 0 Å². The summed E-state index contributed by atoms with van der Waals surface area (Å²) in [6, 6.07) is 0. The summed E-state index contributed by atoms with van der Waals surface area (Å²) in [6.45, 7) is 5.29. The summed E-state index contributed by atoms with van der Waals surface area (Å²) in [5.41, 5.74) is 0. The summed E-state index contributed by atoms with van der Waals surface area (Å²) in [5, 5.41) is 8.67. The van der Waals surface area contributed by atoms with E-state index in [4.69, 9.17) is 5.11 Å². The Bertz CT molecular complexity index is 305. The van der Waals surface area contributed by atoms with Crippen LogP contribution in [0.1, 0.15) is 52.4 Å². The molecule has 0 aliphatic carbocycles. The Morgan fingerprint density at radius 2 is 1.74 bits per heavy atom. The molecule has 0 saturated carbocycles. The van der Waals surface area contributed by atoms with Crippen LogP contribution in [0.3, 0.4) is 0 Å². The van der Waals surface area contributed by atoms with Gasteiger partial charge in [0.05, 0.1) is 0 Å². The van der Waals surface area contributed by atoms with Gasteiger partial charge >= 0.3 is 0 Å². The number of nitrogens with zero attached hydrogens (tertiary/aromatic N) is 1. The molecule has 0 aliphatic rings. The van der Waals surface area contributed by atoms with Gasteiger partial charge in [-0.15, -0.1) is 0 Å². The Kier molecular flexibility index (Phi) is 10.5. The van der Waals surface area contributed by atoms with Crippen LogP contribution in [0.4, 0.5) is 0 Å². The Labute approximate surface area is 118 Å². The summed E-state index contributed by atoms with van der Waals surface area (Å²) in [6.07, 6.45) is 6.05. The quantitative estimate of drug-likeness (QED) is 0.539. The lowest BCUT2D eigenvalue weighted by atomic mass is 10.0. The molecular formula is C13H30N2O3S. The van der Waals surface area contributed by atoms with E-state index in [1.165, 1.54) is 30.6 Å². The van der Waals surface area contributed by atoms with Crippen molar-refractivity contribution < 1.29 is 13.5 Å². The zero-order chi connectivity index (χ0) is 14.7. The molecule has 0 rings (SSSR count). The molecule has 0 fully saturated rings. The van der Waals surface area contributed by atoms with Gasteiger partial charge in [0.25, 0.3) is 10.2 Å². The van der Waals surface area contributed by atoms with Crippen molar-refractivity contribution in [2.75, 3.05) is 26.7 Å². The molecule has 0 radical (unpaired) electrons. The topological polar surface area (TPSA) is 69.6 Å². The van der Waals surface area contributed by atoms with Crippen molar-refractivity contribution in [1.82, 2.24) is 9.03 Å². The minimum atomic E-state index is -3.37. The molecule has 0 saturated heterocycles. The average molecular weight is 294 g/mol. The fourth-order valence-electron chi connectivity index (χ4n) is 1.76. The van der Waals surface area contributed by atoms with Crippen molar-refractivity contribution in [1.29, 1.82) is 0 Å². The first-order chi connectivity index (χ1) is 8.90. The van der Waals surface area contributed by atoms with Gasteiger partial charge in [0, 0.05) is 26.7 Å². The summed E-state index contributed by atoms with van der Waals surface area (Å²) >= 11 is 0. The van der Waals surface area contributed by atoms with Crippen molar-refractivity contribution in [3.8, 4) is 0 Å². The standard InChI is InChI=1S/C13H30N2O3S/c1-13(2)9-6-4-5-7-10-14-19(17,18)15(3)11-8-12-16/h13-14,16H,4-12H2,1-3H3. The molecule has 0 aromatic carbocycles. The van der Waals surface area contributed by atoms with Gasteiger partial charge in [-0.2, -0.15) is 12.7 Å². The Hall–Kier alpha value is -0.170. The molecule has 0 unspecified atom stereocenters. The average Bonchev–Trinajstić information content (AvgIpc) is 2.34. The van der Waals surface area contributed by atoms with Gasteiger partial charge in [0.2, 0.25) is 0 Å². The third-order valence-electron chi connectivity index (χ3n) is 3.03. The van der Waals surface area contributed by atoms with Crippen molar-refractivity contribution >= 4 is 10.2 Å². The van der Waals surface area contributed by atoms with E-state index in [1.54, 1.807) is 0 Å². The van der Waals surface area contributed by atoms with E-state index in [0.29, 0.717) is 19.5 Å². The number of hydrogen-bond donors (Lipinski definition) is 2. The van der Waals surface area contributed by atoms with Crippen LogP contribution in [0.2, 0.25) is 0 Å². The van der Waals surface area contributed by atoms with Crippen LogP contribution in [-0.2, 0) is 10.2 Å². The van der Waals surface area contributed by atoms with E-state index in [2.05, 4.69) is 18.6 Å². The zero-order valence-electron chi connectivity index (χ0n) is 12.6. The third-order valence-corrected chi connectivity index (χ3v) is 4.61. The smallest absolute Gasteiger partial charge is 0.279 e. The SMILES string of the molecule is CC(C)CCCCCCNS(=O)(=O)N(C)CCCO. The van der Waals surface area contributed by atoms with E-state index in [-0.39, 0.29) is 6.61 Å². The fraction of sp³-hybridized carbons (Fsp3) is 1.00. The maximum atomic E-state index is 11.7. The highest BCUT2D eigenvalue weighted by Crippen LogP contribution is 2.09. The first kappa shape index (κ1) is 18.8. The number of hydrogen-bond acceptors (Lipinski definition) is 3. The maximum absolute atomic E-state index is 11.7. The van der Waals surface area contributed by atoms with Gasteiger partial charge < -0.3 is 5.11 Å².